The number of aliphatic hydroxyl groups excluding tert-OH is 5. The Kier molecular flexibility index (Phi) is 4.71. The van der Waals surface area contributed by atoms with Crippen molar-refractivity contribution in [3.63, 3.8) is 0 Å². The van der Waals surface area contributed by atoms with Crippen LogP contribution in [0.2, 0.25) is 0 Å². The molecule has 0 fully saturated rings. The summed E-state index contributed by atoms with van der Waals surface area (Å²) in [7, 11) is 0. The van der Waals surface area contributed by atoms with E-state index in [1.807, 2.05) is 0 Å². The van der Waals surface area contributed by atoms with Crippen LogP contribution in [-0.4, -0.2) is 67.9 Å². The summed E-state index contributed by atoms with van der Waals surface area (Å²) in [6.07, 6.45) is -5.40. The predicted octanol–water partition coefficient (Wildman–Crippen LogP) is -4.30. The zero-order valence-electron chi connectivity index (χ0n) is 6.91. The molecule has 0 aromatic carbocycles. The molecule has 0 saturated carbocycles. The van der Waals surface area contributed by atoms with E-state index in [9.17, 15) is 0 Å². The highest BCUT2D eigenvalue weighted by atomic mass is 16.4. The van der Waals surface area contributed by atoms with Crippen LogP contribution in [0.5, 0.6) is 0 Å². The molecule has 0 unspecified atom stereocenters. The van der Waals surface area contributed by atoms with Crippen LogP contribution in [0.3, 0.4) is 0 Å². The first-order valence-electron chi connectivity index (χ1n) is 3.64. The largest absolute Gasteiger partial charge is 0.394 e. The van der Waals surface area contributed by atoms with Gasteiger partial charge < -0.3 is 30.6 Å². The quantitative estimate of drug-likeness (QED) is 0.220. The Morgan fingerprint density at radius 1 is 1.15 bits per heavy atom. The summed E-state index contributed by atoms with van der Waals surface area (Å²) >= 11 is 0. The fourth-order valence-corrected chi connectivity index (χ4v) is 0.708. The van der Waals surface area contributed by atoms with Gasteiger partial charge in [0.2, 0.25) is 0 Å². The summed E-state index contributed by atoms with van der Waals surface area (Å²) in [6, 6.07) is 0. The lowest BCUT2D eigenvalue weighted by Crippen LogP contribution is -2.61. The maximum atomic E-state index is 9.09. The summed E-state index contributed by atoms with van der Waals surface area (Å²) in [5.41, 5.74) is 2.55. The van der Waals surface area contributed by atoms with Crippen molar-refractivity contribution in [1.29, 1.82) is 0 Å². The van der Waals surface area contributed by atoms with Crippen LogP contribution >= 0.6 is 0 Å². The molecule has 0 spiro atoms. The number of hydrogen-bond acceptors (Lipinski definition) is 7. The van der Waals surface area contributed by atoms with Gasteiger partial charge >= 0.3 is 0 Å². The number of aliphatic hydroxyl groups is 6. The molecule has 0 radical (unpaired) electrons. The molecule has 0 aliphatic heterocycles. The fraction of sp³-hybridized carbons (Fsp3) is 1.00. The summed E-state index contributed by atoms with van der Waals surface area (Å²) < 4.78 is 0. The van der Waals surface area contributed by atoms with Gasteiger partial charge in [0, 0.05) is 0 Å². The third-order valence-electron chi connectivity index (χ3n) is 1.67. The van der Waals surface area contributed by atoms with Crippen molar-refractivity contribution >= 4 is 0 Å². The molecule has 8 N–H and O–H groups in total. The van der Waals surface area contributed by atoms with E-state index in [0.717, 1.165) is 0 Å². The first kappa shape index (κ1) is 12.7. The van der Waals surface area contributed by atoms with Crippen molar-refractivity contribution in [3.8, 4) is 0 Å². The van der Waals surface area contributed by atoms with Crippen LogP contribution in [0.4, 0.5) is 0 Å². The molecular weight excluding hydrogens is 182 g/mol. The molecule has 80 valence electrons. The van der Waals surface area contributed by atoms with Crippen LogP contribution in [0.25, 0.3) is 0 Å². The van der Waals surface area contributed by atoms with Gasteiger partial charge in [-0.1, -0.05) is 0 Å². The second-order valence-electron chi connectivity index (χ2n) is 2.83. The van der Waals surface area contributed by atoms with Gasteiger partial charge in [0.1, 0.15) is 18.3 Å². The average Bonchev–Trinajstić information content (AvgIpc) is 2.14. The Balaban J connectivity index is 4.32. The molecule has 7 nitrogen and oxygen atoms in total. The SMILES string of the molecule is N[C@](O)(CO)[C@@H](O)[C@H](O)[C@H](O)CO. The summed E-state index contributed by atoms with van der Waals surface area (Å²) in [4.78, 5) is 0. The molecule has 0 aromatic heterocycles. The zero-order chi connectivity index (χ0) is 10.6. The van der Waals surface area contributed by atoms with Crippen LogP contribution in [-0.2, 0) is 0 Å². The van der Waals surface area contributed by atoms with Gasteiger partial charge in [-0.15, -0.1) is 0 Å². The third kappa shape index (κ3) is 3.16. The van der Waals surface area contributed by atoms with E-state index in [1.54, 1.807) is 0 Å². The van der Waals surface area contributed by atoms with Crippen molar-refractivity contribution in [2.24, 2.45) is 5.73 Å². The second-order valence-corrected chi connectivity index (χ2v) is 2.83. The van der Waals surface area contributed by atoms with Gasteiger partial charge in [-0.05, 0) is 0 Å². The Bertz CT molecular complexity index is 152. The van der Waals surface area contributed by atoms with E-state index in [1.165, 1.54) is 0 Å². The summed E-state index contributed by atoms with van der Waals surface area (Å²) in [6.45, 7) is -1.77. The van der Waals surface area contributed by atoms with E-state index in [2.05, 4.69) is 0 Å². The molecule has 0 amide bonds. The maximum absolute atomic E-state index is 9.09. The smallest absolute Gasteiger partial charge is 0.165 e. The van der Waals surface area contributed by atoms with Crippen LogP contribution in [0.1, 0.15) is 0 Å². The first-order valence-corrected chi connectivity index (χ1v) is 3.64. The molecule has 0 aliphatic rings. The topological polar surface area (TPSA) is 147 Å². The van der Waals surface area contributed by atoms with Crippen molar-refractivity contribution in [1.82, 2.24) is 0 Å². The van der Waals surface area contributed by atoms with Gasteiger partial charge in [0.05, 0.1) is 13.2 Å². The number of hydrogen-bond donors (Lipinski definition) is 7. The monoisotopic (exact) mass is 197 g/mol. The molecule has 0 heterocycles. The summed E-state index contributed by atoms with van der Waals surface area (Å²) in [5.74, 6) is 0. The Hall–Kier alpha value is -0.280. The Labute approximate surface area is 74.7 Å². The van der Waals surface area contributed by atoms with Gasteiger partial charge in [-0.2, -0.15) is 0 Å². The molecule has 4 atom stereocenters. The lowest BCUT2D eigenvalue weighted by molar-refractivity contribution is -0.169. The van der Waals surface area contributed by atoms with Crippen molar-refractivity contribution < 1.29 is 30.6 Å². The summed E-state index contributed by atoms with van der Waals surface area (Å²) in [5, 5.41) is 52.9. The van der Waals surface area contributed by atoms with E-state index in [0.29, 0.717) is 0 Å². The highest BCUT2D eigenvalue weighted by Crippen LogP contribution is 2.09. The predicted molar refractivity (Wildman–Crippen MR) is 41.3 cm³/mol. The fourth-order valence-electron chi connectivity index (χ4n) is 0.708. The van der Waals surface area contributed by atoms with Crippen LogP contribution < -0.4 is 5.73 Å². The molecule has 13 heavy (non-hydrogen) atoms. The Morgan fingerprint density at radius 2 is 1.62 bits per heavy atom. The normalized spacial score (nSPS) is 23.3. The molecule has 0 rings (SSSR count). The van der Waals surface area contributed by atoms with E-state index in [4.69, 9.17) is 36.4 Å². The molecular formula is C6H15NO6. The number of nitrogens with two attached hydrogens (primary N) is 1. The lowest BCUT2D eigenvalue weighted by atomic mass is 9.99. The first-order chi connectivity index (χ1) is 5.86. The molecule has 0 aromatic rings. The molecule has 0 saturated heterocycles. The standard InChI is InChI=1S/C6H15NO6/c7-6(13,2-9)5(12)4(11)3(10)1-8/h3-5,8-13H,1-2,7H2/t3-,4-,5+,6+/m1/s1. The molecule has 0 bridgehead atoms. The van der Waals surface area contributed by atoms with E-state index in [-0.39, 0.29) is 0 Å². The third-order valence-corrected chi connectivity index (χ3v) is 1.67. The van der Waals surface area contributed by atoms with Crippen LogP contribution in [0, 0.1) is 0 Å². The molecule has 0 aliphatic carbocycles. The van der Waals surface area contributed by atoms with Crippen molar-refractivity contribution in [2.75, 3.05) is 13.2 Å². The minimum absolute atomic E-state index is 0.792. The second kappa shape index (κ2) is 4.82. The Morgan fingerprint density at radius 3 is 1.92 bits per heavy atom. The van der Waals surface area contributed by atoms with Gasteiger partial charge in [0.15, 0.2) is 5.72 Å². The van der Waals surface area contributed by atoms with Gasteiger partial charge in [-0.3, -0.25) is 5.73 Å². The van der Waals surface area contributed by atoms with Crippen LogP contribution in [0.15, 0.2) is 0 Å². The highest BCUT2D eigenvalue weighted by molar-refractivity contribution is 4.88. The van der Waals surface area contributed by atoms with Gasteiger partial charge in [0.25, 0.3) is 0 Å². The van der Waals surface area contributed by atoms with Gasteiger partial charge in [-0.25, -0.2) is 0 Å². The minimum atomic E-state index is -2.41. The zero-order valence-corrected chi connectivity index (χ0v) is 6.91. The van der Waals surface area contributed by atoms with E-state index >= 15 is 0 Å². The average molecular weight is 197 g/mol. The van der Waals surface area contributed by atoms with Crippen molar-refractivity contribution in [3.05, 3.63) is 0 Å². The highest BCUT2D eigenvalue weighted by Gasteiger charge is 2.38. The minimum Gasteiger partial charge on any atom is -0.394 e. The molecule has 7 heteroatoms. The number of rotatable bonds is 5. The maximum Gasteiger partial charge on any atom is 0.165 e. The lowest BCUT2D eigenvalue weighted by Gasteiger charge is -2.31. The van der Waals surface area contributed by atoms with Crippen molar-refractivity contribution in [2.45, 2.75) is 24.0 Å². The van der Waals surface area contributed by atoms with E-state index < -0.39 is 37.3 Å².